The minimum absolute atomic E-state index is 0.0299. The SMILES string of the molecule is O=C(N[C@H]1CCc2c(ccc(=O)n2CC2CC2)C1)[C@@H]1CCCO1. The predicted octanol–water partition coefficient (Wildman–Crippen LogP) is 1.41. The standard InChI is InChI=1S/C18H24N2O3/c21-17-8-5-13-10-14(19-18(22)16-2-1-9-23-16)6-7-15(13)20(17)11-12-3-4-12/h5,8,12,14,16H,1-4,6-7,9-11H2,(H,19,22)/t14-,16-/m0/s1. The quantitative estimate of drug-likeness (QED) is 0.914. The highest BCUT2D eigenvalue weighted by molar-refractivity contribution is 5.81. The van der Waals surface area contributed by atoms with E-state index in [0.29, 0.717) is 12.5 Å². The van der Waals surface area contributed by atoms with Crippen molar-refractivity contribution < 1.29 is 9.53 Å². The number of hydrogen-bond donors (Lipinski definition) is 1. The smallest absolute Gasteiger partial charge is 0.250 e. The molecule has 1 aromatic rings. The van der Waals surface area contributed by atoms with Crippen LogP contribution in [0.25, 0.3) is 0 Å². The van der Waals surface area contributed by atoms with Crippen LogP contribution in [0.15, 0.2) is 16.9 Å². The van der Waals surface area contributed by atoms with Crippen LogP contribution in [-0.2, 0) is 28.9 Å². The van der Waals surface area contributed by atoms with Crippen molar-refractivity contribution >= 4 is 5.91 Å². The molecule has 5 heteroatoms. The topological polar surface area (TPSA) is 60.3 Å². The van der Waals surface area contributed by atoms with E-state index in [1.54, 1.807) is 6.07 Å². The average Bonchev–Trinajstić information content (AvgIpc) is 3.19. The molecule has 2 fully saturated rings. The molecule has 3 aliphatic rings. The second kappa shape index (κ2) is 6.11. The summed E-state index contributed by atoms with van der Waals surface area (Å²) >= 11 is 0. The Morgan fingerprint density at radius 1 is 1.26 bits per heavy atom. The molecule has 1 aromatic heterocycles. The van der Waals surface area contributed by atoms with Crippen molar-refractivity contribution in [3.05, 3.63) is 33.7 Å². The summed E-state index contributed by atoms with van der Waals surface area (Å²) in [6, 6.07) is 3.79. The zero-order valence-electron chi connectivity index (χ0n) is 13.4. The lowest BCUT2D eigenvalue weighted by Crippen LogP contribution is -2.44. The highest BCUT2D eigenvalue weighted by atomic mass is 16.5. The van der Waals surface area contributed by atoms with Crippen LogP contribution in [0.5, 0.6) is 0 Å². The summed E-state index contributed by atoms with van der Waals surface area (Å²) in [6.07, 6.45) is 6.62. The van der Waals surface area contributed by atoms with Gasteiger partial charge in [-0.05, 0) is 56.4 Å². The second-order valence-corrected chi connectivity index (χ2v) is 7.15. The summed E-state index contributed by atoms with van der Waals surface area (Å²) < 4.78 is 7.43. The number of carbonyl (C=O) groups excluding carboxylic acids is 1. The van der Waals surface area contributed by atoms with Crippen molar-refractivity contribution in [1.82, 2.24) is 9.88 Å². The largest absolute Gasteiger partial charge is 0.368 e. The molecule has 2 aliphatic carbocycles. The van der Waals surface area contributed by atoms with Gasteiger partial charge in [0.05, 0.1) is 0 Å². The minimum atomic E-state index is -0.264. The normalized spacial score (nSPS) is 26.8. The Morgan fingerprint density at radius 2 is 2.13 bits per heavy atom. The zero-order valence-corrected chi connectivity index (χ0v) is 13.4. The Kier molecular flexibility index (Phi) is 3.97. The number of aromatic nitrogens is 1. The number of fused-ring (bicyclic) bond motifs is 1. The molecule has 2 atom stereocenters. The monoisotopic (exact) mass is 316 g/mol. The molecule has 0 radical (unpaired) electrons. The first-order valence-electron chi connectivity index (χ1n) is 8.84. The van der Waals surface area contributed by atoms with Gasteiger partial charge in [-0.1, -0.05) is 6.07 Å². The maximum Gasteiger partial charge on any atom is 0.250 e. The van der Waals surface area contributed by atoms with Gasteiger partial charge in [-0.3, -0.25) is 9.59 Å². The van der Waals surface area contributed by atoms with E-state index in [0.717, 1.165) is 38.6 Å². The van der Waals surface area contributed by atoms with E-state index in [1.807, 2.05) is 10.6 Å². The van der Waals surface area contributed by atoms with E-state index in [9.17, 15) is 9.59 Å². The molecule has 0 unspecified atom stereocenters. The number of amides is 1. The Balaban J connectivity index is 1.46. The molecule has 124 valence electrons. The first kappa shape index (κ1) is 14.9. The van der Waals surface area contributed by atoms with Gasteiger partial charge in [-0.15, -0.1) is 0 Å². The first-order chi connectivity index (χ1) is 11.2. The fourth-order valence-corrected chi connectivity index (χ4v) is 3.78. The van der Waals surface area contributed by atoms with Crippen molar-refractivity contribution in [2.24, 2.45) is 5.92 Å². The van der Waals surface area contributed by atoms with Crippen LogP contribution in [-0.4, -0.2) is 29.2 Å². The minimum Gasteiger partial charge on any atom is -0.368 e. The van der Waals surface area contributed by atoms with Crippen molar-refractivity contribution in [3.8, 4) is 0 Å². The molecule has 0 bridgehead atoms. The summed E-state index contributed by atoms with van der Waals surface area (Å²) in [5, 5.41) is 3.14. The number of carbonyl (C=O) groups is 1. The van der Waals surface area contributed by atoms with Crippen LogP contribution in [0.1, 0.15) is 43.4 Å². The van der Waals surface area contributed by atoms with Gasteiger partial charge in [0, 0.05) is 31.0 Å². The summed E-state index contributed by atoms with van der Waals surface area (Å²) in [4.78, 5) is 24.4. The third-order valence-electron chi connectivity index (χ3n) is 5.29. The van der Waals surface area contributed by atoms with Gasteiger partial charge in [-0.2, -0.15) is 0 Å². The number of rotatable bonds is 4. The lowest BCUT2D eigenvalue weighted by molar-refractivity contribution is -0.130. The molecule has 23 heavy (non-hydrogen) atoms. The molecule has 1 amide bonds. The van der Waals surface area contributed by atoms with Crippen molar-refractivity contribution in [1.29, 1.82) is 0 Å². The Bertz CT molecular complexity index is 657. The van der Waals surface area contributed by atoms with Crippen LogP contribution in [0.4, 0.5) is 0 Å². The van der Waals surface area contributed by atoms with E-state index in [4.69, 9.17) is 4.74 Å². The van der Waals surface area contributed by atoms with Crippen LogP contribution in [0, 0.1) is 5.92 Å². The number of nitrogens with one attached hydrogen (secondary N) is 1. The van der Waals surface area contributed by atoms with E-state index < -0.39 is 0 Å². The molecule has 1 N–H and O–H groups in total. The second-order valence-electron chi connectivity index (χ2n) is 7.15. The molecule has 1 aliphatic heterocycles. The molecular weight excluding hydrogens is 292 g/mol. The Labute approximate surface area is 136 Å². The van der Waals surface area contributed by atoms with Crippen LogP contribution < -0.4 is 10.9 Å². The molecule has 1 saturated carbocycles. The maximum absolute atomic E-state index is 12.2. The number of nitrogens with zero attached hydrogens (tertiary/aromatic N) is 1. The molecule has 5 nitrogen and oxygen atoms in total. The number of ether oxygens (including phenoxy) is 1. The first-order valence-corrected chi connectivity index (χ1v) is 8.84. The van der Waals surface area contributed by atoms with Crippen molar-refractivity contribution in [3.63, 3.8) is 0 Å². The van der Waals surface area contributed by atoms with E-state index in [2.05, 4.69) is 5.32 Å². The van der Waals surface area contributed by atoms with Crippen LogP contribution in [0.2, 0.25) is 0 Å². The van der Waals surface area contributed by atoms with Crippen molar-refractivity contribution in [2.45, 2.75) is 63.6 Å². The fraction of sp³-hybridized carbons (Fsp3) is 0.667. The third kappa shape index (κ3) is 3.20. The summed E-state index contributed by atoms with van der Waals surface area (Å²) in [5.74, 6) is 0.721. The van der Waals surface area contributed by atoms with Crippen LogP contribution in [0.3, 0.4) is 0 Å². The van der Waals surface area contributed by atoms with Gasteiger partial charge in [0.1, 0.15) is 6.10 Å². The molecule has 1 saturated heterocycles. The summed E-state index contributed by atoms with van der Waals surface area (Å²) in [6.45, 7) is 1.56. The van der Waals surface area contributed by atoms with Gasteiger partial charge in [-0.25, -0.2) is 0 Å². The van der Waals surface area contributed by atoms with Gasteiger partial charge >= 0.3 is 0 Å². The van der Waals surface area contributed by atoms with E-state index in [-0.39, 0.29) is 23.6 Å². The van der Waals surface area contributed by atoms with Gasteiger partial charge in [0.2, 0.25) is 5.91 Å². The maximum atomic E-state index is 12.2. The predicted molar refractivity (Wildman–Crippen MR) is 86.4 cm³/mol. The molecule has 4 rings (SSSR count). The number of hydrogen-bond acceptors (Lipinski definition) is 3. The van der Waals surface area contributed by atoms with Crippen LogP contribution >= 0.6 is 0 Å². The molecular formula is C18H24N2O3. The number of pyridine rings is 1. The molecule has 0 spiro atoms. The summed E-state index contributed by atoms with van der Waals surface area (Å²) in [5.41, 5.74) is 2.53. The zero-order chi connectivity index (χ0) is 15.8. The van der Waals surface area contributed by atoms with E-state index >= 15 is 0 Å². The molecule has 0 aromatic carbocycles. The summed E-state index contributed by atoms with van der Waals surface area (Å²) in [7, 11) is 0. The van der Waals surface area contributed by atoms with Gasteiger partial charge in [0.15, 0.2) is 0 Å². The highest BCUT2D eigenvalue weighted by Gasteiger charge is 2.29. The van der Waals surface area contributed by atoms with Gasteiger partial charge < -0.3 is 14.6 Å². The lowest BCUT2D eigenvalue weighted by atomic mass is 9.91. The third-order valence-corrected chi connectivity index (χ3v) is 5.29. The lowest BCUT2D eigenvalue weighted by Gasteiger charge is -2.28. The average molecular weight is 316 g/mol. The Hall–Kier alpha value is -1.62. The van der Waals surface area contributed by atoms with Crippen molar-refractivity contribution in [2.75, 3.05) is 6.61 Å². The highest BCUT2D eigenvalue weighted by Crippen LogP contribution is 2.31. The molecule has 2 heterocycles. The Morgan fingerprint density at radius 3 is 2.87 bits per heavy atom. The van der Waals surface area contributed by atoms with Gasteiger partial charge in [0.25, 0.3) is 5.56 Å². The van der Waals surface area contributed by atoms with E-state index in [1.165, 1.54) is 24.1 Å². The fourth-order valence-electron chi connectivity index (χ4n) is 3.78.